The zero-order valence-electron chi connectivity index (χ0n) is 5.76. The van der Waals surface area contributed by atoms with E-state index in [1.54, 1.807) is 0 Å². The van der Waals surface area contributed by atoms with Crippen LogP contribution < -0.4 is 34.7 Å². The van der Waals surface area contributed by atoms with Crippen LogP contribution in [0.2, 0.25) is 0 Å². The van der Waals surface area contributed by atoms with Gasteiger partial charge in [0.25, 0.3) is 0 Å². The van der Waals surface area contributed by atoms with Crippen LogP contribution in [0.1, 0.15) is 19.8 Å². The third kappa shape index (κ3) is 6.71. The first-order chi connectivity index (χ1) is 3.68. The standard InChI is InChI=1S/C5H10O2S.Na/c1-2-3-4(8)5(6)7;/h4,8H,2-3H2,1H3,(H,6,7);/q;+1/p-1. The fourth-order valence-electron chi connectivity index (χ4n) is 0.391. The third-order valence-corrected chi connectivity index (χ3v) is 1.30. The van der Waals surface area contributed by atoms with Crippen molar-refractivity contribution >= 4 is 18.6 Å². The number of hydrogen-bond acceptors (Lipinski definition) is 3. The van der Waals surface area contributed by atoms with Crippen molar-refractivity contribution in [3.05, 3.63) is 0 Å². The van der Waals surface area contributed by atoms with Gasteiger partial charge in [0.1, 0.15) is 0 Å². The van der Waals surface area contributed by atoms with Gasteiger partial charge in [-0.2, -0.15) is 12.6 Å². The van der Waals surface area contributed by atoms with Gasteiger partial charge in [-0.15, -0.1) is 0 Å². The van der Waals surface area contributed by atoms with E-state index in [-0.39, 0.29) is 29.6 Å². The Bertz CT molecular complexity index is 87.0. The first-order valence-corrected chi connectivity index (χ1v) is 3.09. The molecule has 0 saturated heterocycles. The van der Waals surface area contributed by atoms with Crippen LogP contribution in [0.3, 0.4) is 0 Å². The Kier molecular flexibility index (Phi) is 9.62. The van der Waals surface area contributed by atoms with Gasteiger partial charge in [0.15, 0.2) is 0 Å². The summed E-state index contributed by atoms with van der Waals surface area (Å²) < 4.78 is 0. The fraction of sp³-hybridized carbons (Fsp3) is 0.800. The molecule has 0 N–H and O–H groups in total. The molecule has 48 valence electrons. The summed E-state index contributed by atoms with van der Waals surface area (Å²) >= 11 is 3.74. The summed E-state index contributed by atoms with van der Waals surface area (Å²) in [6.07, 6.45) is 1.42. The van der Waals surface area contributed by atoms with Gasteiger partial charge < -0.3 is 9.90 Å². The van der Waals surface area contributed by atoms with E-state index in [0.717, 1.165) is 6.42 Å². The molecule has 0 rings (SSSR count). The second-order valence-corrected chi connectivity index (χ2v) is 2.25. The number of carboxylic acids is 1. The van der Waals surface area contributed by atoms with Crippen LogP contribution in [0, 0.1) is 0 Å². The minimum atomic E-state index is -1.07. The minimum Gasteiger partial charge on any atom is -0.549 e. The average Bonchev–Trinajstić information content (AvgIpc) is 1.67. The molecule has 0 heterocycles. The van der Waals surface area contributed by atoms with E-state index in [2.05, 4.69) is 12.6 Å². The van der Waals surface area contributed by atoms with Gasteiger partial charge in [-0.3, -0.25) is 0 Å². The number of carbonyl (C=O) groups is 1. The van der Waals surface area contributed by atoms with Crippen molar-refractivity contribution in [2.45, 2.75) is 25.0 Å². The summed E-state index contributed by atoms with van der Waals surface area (Å²) in [5, 5.41) is 9.32. The minimum absolute atomic E-state index is 0. The van der Waals surface area contributed by atoms with Crippen LogP contribution in [0.15, 0.2) is 0 Å². The maximum absolute atomic E-state index is 9.90. The molecular weight excluding hydrogens is 147 g/mol. The Morgan fingerprint density at radius 1 is 1.78 bits per heavy atom. The van der Waals surface area contributed by atoms with E-state index >= 15 is 0 Å². The van der Waals surface area contributed by atoms with Crippen molar-refractivity contribution in [2.75, 3.05) is 0 Å². The van der Waals surface area contributed by atoms with Gasteiger partial charge >= 0.3 is 29.6 Å². The molecule has 9 heavy (non-hydrogen) atoms. The Hall–Kier alpha value is 0.820. The number of thiol groups is 1. The van der Waals surface area contributed by atoms with Crippen LogP contribution in [-0.2, 0) is 4.79 Å². The Labute approximate surface area is 82.7 Å². The van der Waals surface area contributed by atoms with Crippen LogP contribution >= 0.6 is 12.6 Å². The quantitative estimate of drug-likeness (QED) is 0.346. The molecular formula is C5H9NaO2S. The zero-order chi connectivity index (χ0) is 6.57. The molecule has 0 fully saturated rings. The summed E-state index contributed by atoms with van der Waals surface area (Å²) in [4.78, 5) is 9.90. The van der Waals surface area contributed by atoms with E-state index in [0.29, 0.717) is 6.42 Å². The molecule has 0 bridgehead atoms. The number of rotatable bonds is 3. The van der Waals surface area contributed by atoms with Gasteiger partial charge in [-0.1, -0.05) is 13.3 Å². The van der Waals surface area contributed by atoms with Crippen LogP contribution in [0.5, 0.6) is 0 Å². The summed E-state index contributed by atoms with van der Waals surface area (Å²) in [6, 6.07) is 0. The van der Waals surface area contributed by atoms with Crippen molar-refractivity contribution in [3.8, 4) is 0 Å². The Balaban J connectivity index is 0. The van der Waals surface area contributed by atoms with Crippen molar-refractivity contribution < 1.29 is 39.5 Å². The molecule has 0 aromatic carbocycles. The summed E-state index contributed by atoms with van der Waals surface area (Å²) in [5.74, 6) is -1.07. The van der Waals surface area contributed by atoms with Crippen molar-refractivity contribution in [1.82, 2.24) is 0 Å². The molecule has 0 aromatic rings. The molecule has 0 aliphatic rings. The van der Waals surface area contributed by atoms with Crippen LogP contribution in [0.4, 0.5) is 0 Å². The molecule has 0 saturated carbocycles. The van der Waals surface area contributed by atoms with Gasteiger partial charge in [0, 0.05) is 5.25 Å². The van der Waals surface area contributed by atoms with Crippen molar-refractivity contribution in [1.29, 1.82) is 0 Å². The first kappa shape index (κ1) is 12.5. The van der Waals surface area contributed by atoms with E-state index in [1.165, 1.54) is 0 Å². The smallest absolute Gasteiger partial charge is 0.549 e. The van der Waals surface area contributed by atoms with Gasteiger partial charge in [0.2, 0.25) is 0 Å². The normalized spacial score (nSPS) is 11.8. The second-order valence-electron chi connectivity index (χ2n) is 1.62. The molecule has 0 aliphatic carbocycles. The van der Waals surface area contributed by atoms with Crippen molar-refractivity contribution in [2.24, 2.45) is 0 Å². The largest absolute Gasteiger partial charge is 1.00 e. The number of carbonyl (C=O) groups excluding carboxylic acids is 1. The molecule has 0 radical (unpaired) electrons. The SMILES string of the molecule is CCCC(S)C(=O)[O-].[Na+]. The Morgan fingerprint density at radius 2 is 2.22 bits per heavy atom. The maximum atomic E-state index is 9.90. The monoisotopic (exact) mass is 156 g/mol. The number of aliphatic carboxylic acids is 1. The van der Waals surface area contributed by atoms with Gasteiger partial charge in [-0.05, 0) is 6.42 Å². The predicted molar refractivity (Wildman–Crippen MR) is 32.7 cm³/mol. The molecule has 0 amide bonds. The first-order valence-electron chi connectivity index (χ1n) is 2.57. The maximum Gasteiger partial charge on any atom is 1.00 e. The molecule has 1 unspecified atom stereocenters. The fourth-order valence-corrected chi connectivity index (χ4v) is 0.649. The average molecular weight is 156 g/mol. The molecule has 1 atom stereocenters. The van der Waals surface area contributed by atoms with E-state index in [1.807, 2.05) is 6.92 Å². The molecule has 2 nitrogen and oxygen atoms in total. The number of carboxylic acid groups (broad SMARTS) is 1. The van der Waals surface area contributed by atoms with Gasteiger partial charge in [-0.25, -0.2) is 0 Å². The van der Waals surface area contributed by atoms with E-state index < -0.39 is 11.2 Å². The summed E-state index contributed by atoms with van der Waals surface area (Å²) in [5.41, 5.74) is 0. The zero-order valence-corrected chi connectivity index (χ0v) is 8.65. The number of hydrogen-bond donors (Lipinski definition) is 1. The summed E-state index contributed by atoms with van der Waals surface area (Å²) in [6.45, 7) is 1.91. The second kappa shape index (κ2) is 6.93. The summed E-state index contributed by atoms with van der Waals surface area (Å²) in [7, 11) is 0. The van der Waals surface area contributed by atoms with Crippen LogP contribution in [-0.4, -0.2) is 11.2 Å². The van der Waals surface area contributed by atoms with E-state index in [9.17, 15) is 9.90 Å². The molecule has 0 spiro atoms. The van der Waals surface area contributed by atoms with Crippen molar-refractivity contribution in [3.63, 3.8) is 0 Å². The molecule has 0 aliphatic heterocycles. The predicted octanol–water partition coefficient (Wildman–Crippen LogP) is -3.16. The third-order valence-electron chi connectivity index (χ3n) is 0.834. The Morgan fingerprint density at radius 3 is 2.33 bits per heavy atom. The van der Waals surface area contributed by atoms with E-state index in [4.69, 9.17) is 0 Å². The molecule has 0 aromatic heterocycles. The van der Waals surface area contributed by atoms with Crippen LogP contribution in [0.25, 0.3) is 0 Å². The van der Waals surface area contributed by atoms with Gasteiger partial charge in [0.05, 0.1) is 5.97 Å². The topological polar surface area (TPSA) is 40.1 Å². The molecule has 4 heteroatoms.